The molecule has 7 atom stereocenters. The van der Waals surface area contributed by atoms with Crippen LogP contribution in [0.2, 0.25) is 0 Å². The number of aliphatic hydroxyl groups excluding tert-OH is 2. The summed E-state index contributed by atoms with van der Waals surface area (Å²) in [4.78, 5) is 23.8. The first-order valence-corrected chi connectivity index (χ1v) is 13.0. The van der Waals surface area contributed by atoms with Crippen LogP contribution in [0.1, 0.15) is 31.2 Å². The second kappa shape index (κ2) is 9.46. The maximum atomic E-state index is 11.5. The zero-order valence-corrected chi connectivity index (χ0v) is 20.2. The average Bonchev–Trinajstić information content (AvgIpc) is 3.66. The molecule has 15 heteroatoms. The summed E-state index contributed by atoms with van der Waals surface area (Å²) in [7, 11) is 0. The van der Waals surface area contributed by atoms with Crippen LogP contribution in [0.5, 0.6) is 0 Å². The van der Waals surface area contributed by atoms with Crippen molar-refractivity contribution >= 4 is 34.8 Å². The van der Waals surface area contributed by atoms with Gasteiger partial charge in [0.05, 0.1) is 30.6 Å². The van der Waals surface area contributed by atoms with Gasteiger partial charge in [-0.25, -0.2) is 24.4 Å². The van der Waals surface area contributed by atoms with Crippen molar-refractivity contribution in [1.29, 1.82) is 0 Å². The van der Waals surface area contributed by atoms with E-state index in [1.54, 1.807) is 9.25 Å². The first kappa shape index (κ1) is 23.4. The van der Waals surface area contributed by atoms with E-state index in [-0.39, 0.29) is 30.5 Å². The number of fused-ring (bicyclic) bond motifs is 2. The standard InChI is InChI=1S/C21H28N10O4S/c22-18-15-19(24-8-23-18)31(9-25-15)20-17(33)16(32)12(35-20)6-30-5-10(28-29-30)3-1-2-4-13-14-11(7-36-13)26-21(34)27-14/h5,8-9,11-14,16-17,20,32-33H,1-4,6-7H2,(H2,22,23,24)(H2,26,27,34)/t11-,12+,13-,14-,16+,17+,20+/m0/s1. The van der Waals surface area contributed by atoms with Crippen molar-refractivity contribution in [3.63, 3.8) is 0 Å². The van der Waals surface area contributed by atoms with E-state index in [2.05, 4.69) is 35.9 Å². The Labute approximate surface area is 210 Å². The van der Waals surface area contributed by atoms with Crippen molar-refractivity contribution in [3.05, 3.63) is 24.5 Å². The molecule has 3 fully saturated rings. The molecule has 6 heterocycles. The molecule has 0 unspecified atom stereocenters. The van der Waals surface area contributed by atoms with Crippen LogP contribution in [0, 0.1) is 0 Å². The van der Waals surface area contributed by atoms with Crippen molar-refractivity contribution in [2.24, 2.45) is 0 Å². The molecule has 0 bridgehead atoms. The number of hydrogen-bond donors (Lipinski definition) is 5. The second-order valence-electron chi connectivity index (χ2n) is 9.43. The van der Waals surface area contributed by atoms with E-state index in [0.717, 1.165) is 37.1 Å². The summed E-state index contributed by atoms with van der Waals surface area (Å²) in [5.41, 5.74) is 7.53. The van der Waals surface area contributed by atoms with Gasteiger partial charge < -0.3 is 31.3 Å². The molecule has 192 valence electrons. The molecule has 3 saturated heterocycles. The zero-order valence-electron chi connectivity index (χ0n) is 19.3. The van der Waals surface area contributed by atoms with Crippen LogP contribution < -0.4 is 16.4 Å². The Morgan fingerprint density at radius 2 is 2.08 bits per heavy atom. The molecule has 6 N–H and O–H groups in total. The van der Waals surface area contributed by atoms with Crippen LogP contribution in [0.3, 0.4) is 0 Å². The fourth-order valence-corrected chi connectivity index (χ4v) is 6.73. The number of amides is 2. The summed E-state index contributed by atoms with van der Waals surface area (Å²) in [5, 5.41) is 36.1. The SMILES string of the molecule is Nc1ncnc2c1ncn2[C@@H]1O[C@H](Cn2cc(CCCC[C@@H]3SC[C@@H]4NC(=O)N[C@@H]43)nn2)[C@@H](O)[C@H]1O. The lowest BCUT2D eigenvalue weighted by molar-refractivity contribution is -0.0403. The van der Waals surface area contributed by atoms with Gasteiger partial charge in [0.1, 0.15) is 30.2 Å². The van der Waals surface area contributed by atoms with Gasteiger partial charge in [-0.1, -0.05) is 11.6 Å². The highest BCUT2D eigenvalue weighted by Gasteiger charge is 2.45. The number of anilines is 1. The Kier molecular flexibility index (Phi) is 6.15. The number of rotatable bonds is 8. The van der Waals surface area contributed by atoms with Crippen molar-refractivity contribution in [2.45, 2.75) is 74.1 Å². The Morgan fingerprint density at radius 3 is 2.97 bits per heavy atom. The number of hydrogen-bond acceptors (Lipinski definition) is 11. The molecule has 0 aliphatic carbocycles. The van der Waals surface area contributed by atoms with E-state index in [1.807, 2.05) is 18.0 Å². The molecule has 0 aromatic carbocycles. The molecule has 0 radical (unpaired) electrons. The van der Waals surface area contributed by atoms with Gasteiger partial charge in [-0.15, -0.1) is 5.10 Å². The first-order valence-electron chi connectivity index (χ1n) is 12.0. The van der Waals surface area contributed by atoms with Gasteiger partial charge >= 0.3 is 6.03 Å². The average molecular weight is 517 g/mol. The van der Waals surface area contributed by atoms with Gasteiger partial charge in [-0.3, -0.25) is 4.57 Å². The number of imidazole rings is 1. The molecule has 3 aromatic rings. The summed E-state index contributed by atoms with van der Waals surface area (Å²) in [6.07, 6.45) is 4.59. The maximum absolute atomic E-state index is 11.5. The molecule has 36 heavy (non-hydrogen) atoms. The number of unbranched alkanes of at least 4 members (excludes halogenated alkanes) is 1. The van der Waals surface area contributed by atoms with Gasteiger partial charge in [0.2, 0.25) is 0 Å². The molecule has 14 nitrogen and oxygen atoms in total. The molecule has 0 spiro atoms. The van der Waals surface area contributed by atoms with Crippen LogP contribution >= 0.6 is 11.8 Å². The third kappa shape index (κ3) is 4.25. The van der Waals surface area contributed by atoms with E-state index in [0.29, 0.717) is 16.4 Å². The minimum absolute atomic E-state index is 0.0563. The first-order chi connectivity index (χ1) is 17.5. The lowest BCUT2D eigenvalue weighted by Crippen LogP contribution is -2.36. The molecule has 3 aliphatic rings. The van der Waals surface area contributed by atoms with E-state index < -0.39 is 24.5 Å². The highest BCUT2D eigenvalue weighted by Crippen LogP contribution is 2.34. The zero-order chi connectivity index (χ0) is 24.8. The Balaban J connectivity index is 1.02. The van der Waals surface area contributed by atoms with Crippen LogP contribution in [0.15, 0.2) is 18.9 Å². The minimum atomic E-state index is -1.18. The van der Waals surface area contributed by atoms with Crippen molar-refractivity contribution in [1.82, 2.24) is 45.1 Å². The summed E-state index contributed by atoms with van der Waals surface area (Å²) < 4.78 is 9.16. The number of aromatic nitrogens is 7. The third-order valence-corrected chi connectivity index (χ3v) is 8.57. The molecule has 2 amide bonds. The maximum Gasteiger partial charge on any atom is 0.315 e. The molecule has 3 aromatic heterocycles. The van der Waals surface area contributed by atoms with E-state index in [4.69, 9.17) is 10.5 Å². The van der Waals surface area contributed by atoms with Gasteiger partial charge in [0.15, 0.2) is 17.7 Å². The molecule has 3 aliphatic heterocycles. The van der Waals surface area contributed by atoms with Gasteiger partial charge in [0, 0.05) is 17.2 Å². The number of nitrogens with one attached hydrogen (secondary N) is 2. The Bertz CT molecular complexity index is 1250. The smallest absolute Gasteiger partial charge is 0.315 e. The fourth-order valence-electron chi connectivity index (χ4n) is 5.19. The minimum Gasteiger partial charge on any atom is -0.387 e. The number of aryl methyl sites for hydroxylation is 1. The number of nitrogen functional groups attached to an aromatic ring is 1. The number of urea groups is 1. The van der Waals surface area contributed by atoms with E-state index in [9.17, 15) is 15.0 Å². The number of thioether (sulfide) groups is 1. The van der Waals surface area contributed by atoms with Crippen LogP contribution in [0.4, 0.5) is 10.6 Å². The summed E-state index contributed by atoms with van der Waals surface area (Å²) in [6, 6.07) is 0.419. The Hall–Kier alpha value is -3.01. The van der Waals surface area contributed by atoms with Crippen LogP contribution in [0.25, 0.3) is 11.2 Å². The number of carbonyl (C=O) groups excluding carboxylic acids is 1. The summed E-state index contributed by atoms with van der Waals surface area (Å²) >= 11 is 1.92. The molecule has 0 saturated carbocycles. The summed E-state index contributed by atoms with van der Waals surface area (Å²) in [5.74, 6) is 1.19. The van der Waals surface area contributed by atoms with Crippen molar-refractivity contribution < 1.29 is 19.7 Å². The van der Waals surface area contributed by atoms with E-state index in [1.165, 1.54) is 12.7 Å². The highest BCUT2D eigenvalue weighted by molar-refractivity contribution is 8.00. The normalized spacial score (nSPS) is 31.6. The number of nitrogens with zero attached hydrogens (tertiary/aromatic N) is 7. The van der Waals surface area contributed by atoms with E-state index >= 15 is 0 Å². The highest BCUT2D eigenvalue weighted by atomic mass is 32.2. The number of nitrogens with two attached hydrogens (primary N) is 1. The fraction of sp³-hybridized carbons (Fsp3) is 0.619. The predicted octanol–water partition coefficient (Wildman–Crippen LogP) is -0.802. The third-order valence-electron chi connectivity index (χ3n) is 7.06. The van der Waals surface area contributed by atoms with Crippen LogP contribution in [-0.4, -0.2) is 92.2 Å². The van der Waals surface area contributed by atoms with Gasteiger partial charge in [-0.2, -0.15) is 11.8 Å². The number of aliphatic hydroxyl groups is 2. The monoisotopic (exact) mass is 516 g/mol. The van der Waals surface area contributed by atoms with Gasteiger partial charge in [-0.05, 0) is 19.3 Å². The lowest BCUT2D eigenvalue weighted by Gasteiger charge is -2.16. The second-order valence-corrected chi connectivity index (χ2v) is 10.7. The number of ether oxygens (including phenoxy) is 1. The van der Waals surface area contributed by atoms with Crippen LogP contribution in [-0.2, 0) is 17.7 Å². The quantitative estimate of drug-likeness (QED) is 0.186. The molecular weight excluding hydrogens is 488 g/mol. The summed E-state index contributed by atoms with van der Waals surface area (Å²) in [6.45, 7) is 0.236. The number of carbonyl (C=O) groups is 1. The Morgan fingerprint density at radius 1 is 1.19 bits per heavy atom. The topological polar surface area (TPSA) is 191 Å². The molecule has 6 rings (SSSR count). The lowest BCUT2D eigenvalue weighted by atomic mass is 10.0. The largest absolute Gasteiger partial charge is 0.387 e. The molecular formula is C21H28N10O4S. The predicted molar refractivity (Wildman–Crippen MR) is 129 cm³/mol. The van der Waals surface area contributed by atoms with Crippen molar-refractivity contribution in [3.8, 4) is 0 Å². The van der Waals surface area contributed by atoms with Gasteiger partial charge in [0.25, 0.3) is 0 Å². The van der Waals surface area contributed by atoms with Crippen molar-refractivity contribution in [2.75, 3.05) is 11.5 Å².